The molecule has 0 radical (unpaired) electrons. The molecule has 2 aromatic rings. The van der Waals surface area contributed by atoms with Crippen LogP contribution in [0.3, 0.4) is 0 Å². The van der Waals surface area contributed by atoms with Crippen molar-refractivity contribution in [1.82, 2.24) is 9.97 Å². The minimum atomic E-state index is -0.151. The Balaban J connectivity index is 2.22. The van der Waals surface area contributed by atoms with E-state index in [0.717, 1.165) is 5.56 Å². The van der Waals surface area contributed by atoms with E-state index in [4.69, 9.17) is 16.3 Å². The summed E-state index contributed by atoms with van der Waals surface area (Å²) < 4.78 is 5.01. The maximum atomic E-state index is 12.1. The van der Waals surface area contributed by atoms with Crippen LogP contribution in [0.15, 0.2) is 36.7 Å². The van der Waals surface area contributed by atoms with Gasteiger partial charge in [-0.2, -0.15) is 0 Å². The third kappa shape index (κ3) is 2.84. The zero-order valence-corrected chi connectivity index (χ0v) is 10.5. The van der Waals surface area contributed by atoms with Gasteiger partial charge in [-0.15, -0.1) is 0 Å². The van der Waals surface area contributed by atoms with E-state index in [1.54, 1.807) is 18.2 Å². The van der Waals surface area contributed by atoms with Gasteiger partial charge in [0, 0.05) is 23.8 Å². The van der Waals surface area contributed by atoms with Crippen molar-refractivity contribution in [3.8, 4) is 5.88 Å². The summed E-state index contributed by atoms with van der Waals surface area (Å²) in [5.41, 5.74) is 1.07. The van der Waals surface area contributed by atoms with Crippen LogP contribution in [-0.4, -0.2) is 22.9 Å². The van der Waals surface area contributed by atoms with Crippen LogP contribution in [0.4, 0.5) is 0 Å². The second-order valence-corrected chi connectivity index (χ2v) is 4.08. The van der Waals surface area contributed by atoms with Crippen molar-refractivity contribution in [1.29, 1.82) is 0 Å². The quantitative estimate of drug-likeness (QED) is 0.795. The van der Waals surface area contributed by atoms with Crippen molar-refractivity contribution in [2.24, 2.45) is 0 Å². The number of hydrogen-bond acceptors (Lipinski definition) is 4. The summed E-state index contributed by atoms with van der Waals surface area (Å²) in [7, 11) is 1.46. The number of carbonyl (C=O) groups excluding carboxylic acids is 1. The molecular weight excluding hydrogens is 252 g/mol. The number of Topliss-reactive ketones (excluding diaryl/α,β-unsaturated/α-hetero) is 1. The molecule has 0 atom stereocenters. The normalized spacial score (nSPS) is 10.1. The van der Waals surface area contributed by atoms with E-state index in [-0.39, 0.29) is 23.8 Å². The smallest absolute Gasteiger partial charge is 0.243 e. The summed E-state index contributed by atoms with van der Waals surface area (Å²) in [6, 6.07) is 7.16. The highest BCUT2D eigenvalue weighted by Gasteiger charge is 2.15. The van der Waals surface area contributed by atoms with Gasteiger partial charge >= 0.3 is 0 Å². The Labute approximate surface area is 110 Å². The number of nitrogens with zero attached hydrogens (tertiary/aromatic N) is 2. The van der Waals surface area contributed by atoms with E-state index in [1.165, 1.54) is 19.5 Å². The fourth-order valence-electron chi connectivity index (χ4n) is 1.58. The third-order valence-corrected chi connectivity index (χ3v) is 2.61. The van der Waals surface area contributed by atoms with Gasteiger partial charge in [0.2, 0.25) is 5.88 Å². The predicted molar refractivity (Wildman–Crippen MR) is 68.1 cm³/mol. The van der Waals surface area contributed by atoms with Gasteiger partial charge in [-0.05, 0) is 17.7 Å². The van der Waals surface area contributed by atoms with Crippen LogP contribution in [0.2, 0.25) is 5.02 Å². The van der Waals surface area contributed by atoms with Crippen LogP contribution >= 0.6 is 11.6 Å². The van der Waals surface area contributed by atoms with Crippen molar-refractivity contribution >= 4 is 17.4 Å². The lowest BCUT2D eigenvalue weighted by atomic mass is 10.1. The molecule has 0 amide bonds. The molecule has 0 fully saturated rings. The fraction of sp³-hybridized carbons (Fsp3) is 0.154. The molecule has 92 valence electrons. The molecule has 2 rings (SSSR count). The van der Waals surface area contributed by atoms with Crippen LogP contribution < -0.4 is 4.74 Å². The SMILES string of the molecule is COc1nccnc1C(=O)Cc1cccc(Cl)c1. The standard InChI is InChI=1S/C13H11ClN2O2/c1-18-13-12(15-5-6-16-13)11(17)8-9-3-2-4-10(14)7-9/h2-7H,8H2,1H3. The Morgan fingerprint density at radius 3 is 2.83 bits per heavy atom. The molecule has 0 aliphatic carbocycles. The highest BCUT2D eigenvalue weighted by atomic mass is 35.5. The average Bonchev–Trinajstić information content (AvgIpc) is 2.38. The first-order chi connectivity index (χ1) is 8.70. The van der Waals surface area contributed by atoms with E-state index in [2.05, 4.69) is 9.97 Å². The van der Waals surface area contributed by atoms with Crippen molar-refractivity contribution in [3.63, 3.8) is 0 Å². The molecule has 0 saturated carbocycles. The van der Waals surface area contributed by atoms with Gasteiger partial charge in [-0.3, -0.25) is 4.79 Å². The third-order valence-electron chi connectivity index (χ3n) is 2.38. The summed E-state index contributed by atoms with van der Waals surface area (Å²) >= 11 is 5.87. The molecule has 4 nitrogen and oxygen atoms in total. The van der Waals surface area contributed by atoms with E-state index in [0.29, 0.717) is 5.02 Å². The number of rotatable bonds is 4. The molecule has 0 bridgehead atoms. The number of ketones is 1. The number of aromatic nitrogens is 2. The maximum absolute atomic E-state index is 12.1. The molecule has 1 aromatic heterocycles. The second kappa shape index (κ2) is 5.60. The van der Waals surface area contributed by atoms with E-state index in [9.17, 15) is 4.79 Å². The predicted octanol–water partition coefficient (Wildman–Crippen LogP) is 2.56. The molecule has 0 N–H and O–H groups in total. The monoisotopic (exact) mass is 262 g/mol. The Bertz CT molecular complexity index is 572. The van der Waals surface area contributed by atoms with Gasteiger partial charge in [-0.25, -0.2) is 9.97 Å². The van der Waals surface area contributed by atoms with Crippen LogP contribution in [-0.2, 0) is 6.42 Å². The topological polar surface area (TPSA) is 52.1 Å². The zero-order chi connectivity index (χ0) is 13.0. The molecule has 1 heterocycles. The molecule has 0 spiro atoms. The van der Waals surface area contributed by atoms with E-state index >= 15 is 0 Å². The number of carbonyl (C=O) groups is 1. The van der Waals surface area contributed by atoms with E-state index < -0.39 is 0 Å². The average molecular weight is 263 g/mol. The molecular formula is C13H11ClN2O2. The number of ether oxygens (including phenoxy) is 1. The lowest BCUT2D eigenvalue weighted by molar-refractivity contribution is 0.0984. The molecule has 0 unspecified atom stereocenters. The first kappa shape index (κ1) is 12.5. The summed E-state index contributed by atoms with van der Waals surface area (Å²) in [4.78, 5) is 20.0. The van der Waals surface area contributed by atoms with Gasteiger partial charge in [0.05, 0.1) is 7.11 Å². The number of halogens is 1. The van der Waals surface area contributed by atoms with Gasteiger partial charge in [-0.1, -0.05) is 23.7 Å². The minimum absolute atomic E-state index is 0.151. The van der Waals surface area contributed by atoms with Crippen LogP contribution in [0, 0.1) is 0 Å². The molecule has 0 aliphatic heterocycles. The Morgan fingerprint density at radius 1 is 1.33 bits per heavy atom. The number of benzene rings is 1. The fourth-order valence-corrected chi connectivity index (χ4v) is 1.79. The van der Waals surface area contributed by atoms with Crippen LogP contribution in [0.1, 0.15) is 16.1 Å². The molecule has 0 saturated heterocycles. The van der Waals surface area contributed by atoms with Crippen molar-refractivity contribution < 1.29 is 9.53 Å². The van der Waals surface area contributed by atoms with Gasteiger partial charge in [0.15, 0.2) is 11.5 Å². The zero-order valence-electron chi connectivity index (χ0n) is 9.76. The molecule has 18 heavy (non-hydrogen) atoms. The Morgan fingerprint density at radius 2 is 2.11 bits per heavy atom. The van der Waals surface area contributed by atoms with Gasteiger partial charge in [0.25, 0.3) is 0 Å². The largest absolute Gasteiger partial charge is 0.479 e. The second-order valence-electron chi connectivity index (χ2n) is 3.64. The lowest BCUT2D eigenvalue weighted by Crippen LogP contribution is -2.09. The van der Waals surface area contributed by atoms with E-state index in [1.807, 2.05) is 6.07 Å². The first-order valence-electron chi connectivity index (χ1n) is 5.33. The Kier molecular flexibility index (Phi) is 3.89. The van der Waals surface area contributed by atoms with Crippen LogP contribution in [0.25, 0.3) is 0 Å². The van der Waals surface area contributed by atoms with Crippen molar-refractivity contribution in [2.45, 2.75) is 6.42 Å². The number of methoxy groups -OCH3 is 1. The molecule has 1 aromatic carbocycles. The molecule has 5 heteroatoms. The first-order valence-corrected chi connectivity index (χ1v) is 5.71. The molecule has 0 aliphatic rings. The van der Waals surface area contributed by atoms with Crippen molar-refractivity contribution in [3.05, 3.63) is 52.9 Å². The highest BCUT2D eigenvalue weighted by Crippen LogP contribution is 2.16. The summed E-state index contributed by atoms with van der Waals surface area (Å²) in [6.45, 7) is 0. The summed E-state index contributed by atoms with van der Waals surface area (Å²) in [5, 5.41) is 0.603. The number of hydrogen-bond donors (Lipinski definition) is 0. The highest BCUT2D eigenvalue weighted by molar-refractivity contribution is 6.30. The Hall–Kier alpha value is -1.94. The van der Waals surface area contributed by atoms with Crippen LogP contribution in [0.5, 0.6) is 5.88 Å². The lowest BCUT2D eigenvalue weighted by Gasteiger charge is -2.05. The van der Waals surface area contributed by atoms with Crippen molar-refractivity contribution in [2.75, 3.05) is 7.11 Å². The maximum Gasteiger partial charge on any atom is 0.243 e. The summed E-state index contributed by atoms with van der Waals surface area (Å²) in [5.74, 6) is 0.0896. The summed E-state index contributed by atoms with van der Waals surface area (Å²) in [6.07, 6.45) is 3.17. The minimum Gasteiger partial charge on any atom is -0.479 e. The van der Waals surface area contributed by atoms with Gasteiger partial charge in [0.1, 0.15) is 0 Å². The van der Waals surface area contributed by atoms with Gasteiger partial charge < -0.3 is 4.74 Å².